The molecule has 0 atom stereocenters. The summed E-state index contributed by atoms with van der Waals surface area (Å²) in [6.45, 7) is 15.4. The van der Waals surface area contributed by atoms with Crippen LogP contribution in [0.1, 0.15) is 84.0 Å². The van der Waals surface area contributed by atoms with Crippen LogP contribution in [0.5, 0.6) is 0 Å². The molecule has 0 aromatic carbocycles. The van der Waals surface area contributed by atoms with Crippen LogP contribution in [0.3, 0.4) is 0 Å². The maximum Gasteiger partial charge on any atom is 0.0704 e. The highest BCUT2D eigenvalue weighted by Crippen LogP contribution is 2.10. The van der Waals surface area contributed by atoms with Crippen molar-refractivity contribution in [3.05, 3.63) is 0 Å². The molecule has 1 fully saturated rings. The Morgan fingerprint density at radius 3 is 0.978 bits per heavy atom. The van der Waals surface area contributed by atoms with Gasteiger partial charge in [0.05, 0.1) is 125 Å². The first kappa shape index (κ1) is 43.6. The van der Waals surface area contributed by atoms with Gasteiger partial charge in [0.2, 0.25) is 0 Å². The molecule has 0 aliphatic carbocycles. The lowest BCUT2D eigenvalue weighted by molar-refractivity contribution is -0.0321. The third-order valence-electron chi connectivity index (χ3n) is 7.49. The zero-order valence-corrected chi connectivity index (χ0v) is 29.5. The van der Waals surface area contributed by atoms with E-state index in [0.717, 1.165) is 39.0 Å². The minimum Gasteiger partial charge on any atom is -0.379 e. The normalized spacial score (nSPS) is 14.0. The molecule has 0 radical (unpaired) electrons. The average Bonchev–Trinajstić information content (AvgIpc) is 3.08. The Morgan fingerprint density at radius 1 is 0.348 bits per heavy atom. The molecule has 11 heteroatoms. The second kappa shape index (κ2) is 39.0. The van der Waals surface area contributed by atoms with Crippen LogP contribution in [0.25, 0.3) is 0 Å². The fourth-order valence-corrected chi connectivity index (χ4v) is 4.79. The molecule has 0 saturated carbocycles. The van der Waals surface area contributed by atoms with Crippen molar-refractivity contribution in [1.29, 1.82) is 0 Å². The van der Waals surface area contributed by atoms with E-state index in [2.05, 4.69) is 12.2 Å². The van der Waals surface area contributed by atoms with E-state index in [-0.39, 0.29) is 0 Å². The second-order valence-electron chi connectivity index (χ2n) is 11.5. The van der Waals surface area contributed by atoms with E-state index in [0.29, 0.717) is 125 Å². The highest BCUT2D eigenvalue weighted by molar-refractivity contribution is 4.67. The van der Waals surface area contributed by atoms with E-state index in [9.17, 15) is 0 Å². The van der Waals surface area contributed by atoms with Crippen LogP contribution < -0.4 is 5.32 Å². The average molecular weight is 666 g/mol. The van der Waals surface area contributed by atoms with E-state index in [1.807, 2.05) is 0 Å². The topological polar surface area (TPSA) is 104 Å². The van der Waals surface area contributed by atoms with Crippen molar-refractivity contribution < 1.29 is 47.4 Å². The number of piperidine rings is 1. The fourth-order valence-electron chi connectivity index (χ4n) is 4.79. The Labute approximate surface area is 281 Å². The maximum atomic E-state index is 5.80. The molecular formula is C35H71NO10. The Kier molecular flexibility index (Phi) is 37.0. The van der Waals surface area contributed by atoms with Crippen molar-refractivity contribution in [1.82, 2.24) is 5.32 Å². The Hall–Kier alpha value is -0.440. The number of rotatable bonds is 39. The Bertz CT molecular complexity index is 557. The second-order valence-corrected chi connectivity index (χ2v) is 11.5. The lowest BCUT2D eigenvalue weighted by Gasteiger charge is -2.22. The molecule has 0 aromatic heterocycles. The van der Waals surface area contributed by atoms with Crippen LogP contribution in [0, 0.1) is 0 Å². The first-order chi connectivity index (χ1) is 22.9. The molecule has 0 aromatic rings. The van der Waals surface area contributed by atoms with Gasteiger partial charge in [0.25, 0.3) is 0 Å². The predicted molar refractivity (Wildman–Crippen MR) is 181 cm³/mol. The van der Waals surface area contributed by atoms with Crippen LogP contribution >= 0.6 is 0 Å². The van der Waals surface area contributed by atoms with E-state index < -0.39 is 0 Å². The molecule has 46 heavy (non-hydrogen) atoms. The molecule has 1 heterocycles. The van der Waals surface area contributed by atoms with Crippen LogP contribution in [0.15, 0.2) is 0 Å². The summed E-state index contributed by atoms with van der Waals surface area (Å²) in [4.78, 5) is 0. The quantitative estimate of drug-likeness (QED) is 0.0914. The predicted octanol–water partition coefficient (Wildman–Crippen LogP) is 4.83. The lowest BCUT2D eigenvalue weighted by atomic mass is 10.1. The van der Waals surface area contributed by atoms with E-state index in [1.54, 1.807) is 0 Å². The van der Waals surface area contributed by atoms with Gasteiger partial charge in [-0.05, 0) is 32.4 Å². The van der Waals surface area contributed by atoms with Gasteiger partial charge in [-0.15, -0.1) is 0 Å². The third-order valence-corrected chi connectivity index (χ3v) is 7.49. The highest BCUT2D eigenvalue weighted by atomic mass is 16.6. The van der Waals surface area contributed by atoms with Crippen molar-refractivity contribution in [3.63, 3.8) is 0 Å². The van der Waals surface area contributed by atoms with Gasteiger partial charge in [0, 0.05) is 6.61 Å². The number of hydrogen-bond acceptors (Lipinski definition) is 11. The zero-order valence-electron chi connectivity index (χ0n) is 29.5. The van der Waals surface area contributed by atoms with Gasteiger partial charge >= 0.3 is 0 Å². The van der Waals surface area contributed by atoms with Gasteiger partial charge in [0.15, 0.2) is 0 Å². The van der Waals surface area contributed by atoms with Crippen LogP contribution in [0.4, 0.5) is 0 Å². The monoisotopic (exact) mass is 666 g/mol. The molecule has 1 aliphatic heterocycles. The molecule has 1 N–H and O–H groups in total. The van der Waals surface area contributed by atoms with E-state index in [1.165, 1.54) is 57.8 Å². The molecule has 1 rings (SSSR count). The fraction of sp³-hybridized carbons (Fsp3) is 1.00. The molecule has 1 aliphatic rings. The summed E-state index contributed by atoms with van der Waals surface area (Å²) in [6.07, 6.45) is 16.0. The summed E-state index contributed by atoms with van der Waals surface area (Å²) in [7, 11) is 0. The van der Waals surface area contributed by atoms with Crippen molar-refractivity contribution in [2.24, 2.45) is 0 Å². The SMILES string of the molecule is CCCCCCCCCCCCOCCOCCOCCOCCOCCOCCOCCOCCOCCOC1CCNCC1. The van der Waals surface area contributed by atoms with E-state index in [4.69, 9.17) is 47.4 Å². The summed E-state index contributed by atoms with van der Waals surface area (Å²) in [5, 5.41) is 3.33. The van der Waals surface area contributed by atoms with Crippen molar-refractivity contribution in [2.45, 2.75) is 90.1 Å². The van der Waals surface area contributed by atoms with E-state index >= 15 is 0 Å². The summed E-state index contributed by atoms with van der Waals surface area (Å²) in [5.74, 6) is 0. The molecule has 0 spiro atoms. The Morgan fingerprint density at radius 2 is 0.630 bits per heavy atom. The molecule has 11 nitrogen and oxygen atoms in total. The van der Waals surface area contributed by atoms with Gasteiger partial charge in [-0.3, -0.25) is 0 Å². The largest absolute Gasteiger partial charge is 0.379 e. The van der Waals surface area contributed by atoms with Gasteiger partial charge in [0.1, 0.15) is 0 Å². The third kappa shape index (κ3) is 34.9. The van der Waals surface area contributed by atoms with Gasteiger partial charge < -0.3 is 52.7 Å². The molecule has 1 saturated heterocycles. The molecule has 276 valence electrons. The summed E-state index contributed by atoms with van der Waals surface area (Å²) < 4.78 is 55.6. The number of ether oxygens (including phenoxy) is 10. The minimum absolute atomic E-state index is 0.377. The van der Waals surface area contributed by atoms with Gasteiger partial charge in [-0.1, -0.05) is 64.7 Å². The maximum absolute atomic E-state index is 5.80. The zero-order chi connectivity index (χ0) is 32.7. The lowest BCUT2D eigenvalue weighted by Crippen LogP contribution is -2.33. The smallest absolute Gasteiger partial charge is 0.0704 e. The number of nitrogens with one attached hydrogen (secondary N) is 1. The first-order valence-corrected chi connectivity index (χ1v) is 18.5. The van der Waals surface area contributed by atoms with Crippen LogP contribution in [0.2, 0.25) is 0 Å². The number of hydrogen-bond donors (Lipinski definition) is 1. The molecular weight excluding hydrogens is 594 g/mol. The van der Waals surface area contributed by atoms with Gasteiger partial charge in [-0.2, -0.15) is 0 Å². The number of unbranched alkanes of at least 4 members (excludes halogenated alkanes) is 9. The summed E-state index contributed by atoms with van der Waals surface area (Å²) in [5.41, 5.74) is 0. The highest BCUT2D eigenvalue weighted by Gasteiger charge is 2.12. The van der Waals surface area contributed by atoms with Crippen molar-refractivity contribution in [2.75, 3.05) is 139 Å². The first-order valence-electron chi connectivity index (χ1n) is 18.5. The summed E-state index contributed by atoms with van der Waals surface area (Å²) in [6, 6.07) is 0. The molecule has 0 amide bonds. The molecule has 0 unspecified atom stereocenters. The van der Waals surface area contributed by atoms with Crippen LogP contribution in [-0.2, 0) is 47.4 Å². The van der Waals surface area contributed by atoms with Crippen molar-refractivity contribution in [3.8, 4) is 0 Å². The van der Waals surface area contributed by atoms with Crippen LogP contribution in [-0.4, -0.2) is 145 Å². The molecule has 0 bridgehead atoms. The minimum atomic E-state index is 0.377. The standard InChI is InChI=1S/C35H71NO10/c1-2-3-4-5-6-7-8-9-10-11-16-37-17-18-38-19-20-39-21-22-40-23-24-41-25-26-42-27-28-43-29-30-44-31-32-45-33-34-46-35-12-14-36-15-13-35/h35-36H,2-34H2,1H3. The summed E-state index contributed by atoms with van der Waals surface area (Å²) >= 11 is 0. The van der Waals surface area contributed by atoms with Gasteiger partial charge in [-0.25, -0.2) is 0 Å². The Balaban J connectivity index is 1.59. The van der Waals surface area contributed by atoms with Crippen molar-refractivity contribution >= 4 is 0 Å².